The molecular formula is C19H18F2O4. The van der Waals surface area contributed by atoms with E-state index in [1.165, 1.54) is 32.4 Å². The summed E-state index contributed by atoms with van der Waals surface area (Å²) in [5.74, 6) is -0.184. The fourth-order valence-corrected chi connectivity index (χ4v) is 2.31. The van der Waals surface area contributed by atoms with E-state index in [1.807, 2.05) is 19.1 Å². The molecule has 0 spiro atoms. The number of methoxy groups -OCH3 is 2. The number of carbonyl (C=O) groups is 1. The summed E-state index contributed by atoms with van der Waals surface area (Å²) >= 11 is 0. The molecule has 0 aliphatic rings. The summed E-state index contributed by atoms with van der Waals surface area (Å²) in [6.07, 6.45) is 2.97. The van der Waals surface area contributed by atoms with Gasteiger partial charge < -0.3 is 14.2 Å². The van der Waals surface area contributed by atoms with Crippen molar-refractivity contribution in [3.8, 4) is 17.2 Å². The Morgan fingerprint density at radius 1 is 1.08 bits per heavy atom. The van der Waals surface area contributed by atoms with Gasteiger partial charge in [0.15, 0.2) is 17.3 Å². The van der Waals surface area contributed by atoms with Gasteiger partial charge in [0.25, 0.3) is 0 Å². The van der Waals surface area contributed by atoms with Gasteiger partial charge >= 0.3 is 6.61 Å². The third-order valence-corrected chi connectivity index (χ3v) is 3.53. The SMILES string of the molecule is COc1cc(C=CC(=O)c2ccccc2C)cc(OC)c1OC(F)F. The molecule has 0 saturated carbocycles. The van der Waals surface area contributed by atoms with Gasteiger partial charge in [-0.1, -0.05) is 30.3 Å². The molecule has 0 heterocycles. The molecule has 2 aromatic carbocycles. The van der Waals surface area contributed by atoms with Gasteiger partial charge in [-0.05, 0) is 36.3 Å². The zero-order valence-electron chi connectivity index (χ0n) is 14.1. The Morgan fingerprint density at radius 3 is 2.20 bits per heavy atom. The summed E-state index contributed by atoms with van der Waals surface area (Å²) in [7, 11) is 2.66. The summed E-state index contributed by atoms with van der Waals surface area (Å²) in [6, 6.07) is 10.2. The second-order valence-corrected chi connectivity index (χ2v) is 5.15. The molecule has 0 aliphatic heterocycles. The van der Waals surface area contributed by atoms with E-state index in [4.69, 9.17) is 9.47 Å². The molecule has 25 heavy (non-hydrogen) atoms. The predicted octanol–water partition coefficient (Wildman–Crippen LogP) is 4.51. The molecule has 0 bridgehead atoms. The van der Waals surface area contributed by atoms with E-state index in [2.05, 4.69) is 4.74 Å². The van der Waals surface area contributed by atoms with E-state index in [0.29, 0.717) is 11.1 Å². The molecule has 0 N–H and O–H groups in total. The van der Waals surface area contributed by atoms with Crippen molar-refractivity contribution >= 4 is 11.9 Å². The maximum absolute atomic E-state index is 12.5. The Balaban J connectivity index is 2.33. The van der Waals surface area contributed by atoms with Gasteiger partial charge in [-0.25, -0.2) is 0 Å². The van der Waals surface area contributed by atoms with Gasteiger partial charge in [-0.15, -0.1) is 0 Å². The number of halogens is 2. The number of hydrogen-bond acceptors (Lipinski definition) is 4. The Hall–Kier alpha value is -2.89. The van der Waals surface area contributed by atoms with Crippen LogP contribution < -0.4 is 14.2 Å². The molecule has 0 radical (unpaired) electrons. The van der Waals surface area contributed by atoms with Gasteiger partial charge in [-0.2, -0.15) is 8.78 Å². The number of alkyl halides is 2. The second-order valence-electron chi connectivity index (χ2n) is 5.15. The molecular weight excluding hydrogens is 330 g/mol. The highest BCUT2D eigenvalue weighted by Gasteiger charge is 2.17. The van der Waals surface area contributed by atoms with E-state index in [0.717, 1.165) is 5.56 Å². The topological polar surface area (TPSA) is 44.8 Å². The number of ether oxygens (including phenoxy) is 3. The second kappa shape index (κ2) is 8.28. The molecule has 0 atom stereocenters. The minimum atomic E-state index is -3.01. The van der Waals surface area contributed by atoms with Crippen molar-refractivity contribution in [3.63, 3.8) is 0 Å². The predicted molar refractivity (Wildman–Crippen MR) is 90.7 cm³/mol. The standard InChI is InChI=1S/C19H18F2O4/c1-12-6-4-5-7-14(12)15(22)9-8-13-10-16(23-2)18(25-19(20)21)17(11-13)24-3/h4-11,19H,1-3H3. The fourth-order valence-electron chi connectivity index (χ4n) is 2.31. The van der Waals surface area contributed by atoms with Crippen molar-refractivity contribution in [2.45, 2.75) is 13.5 Å². The largest absolute Gasteiger partial charge is 0.493 e. The van der Waals surface area contributed by atoms with Gasteiger partial charge in [0, 0.05) is 5.56 Å². The number of carbonyl (C=O) groups excluding carboxylic acids is 1. The molecule has 6 heteroatoms. The number of rotatable bonds is 7. The van der Waals surface area contributed by atoms with Crippen LogP contribution in [0.4, 0.5) is 8.78 Å². The first-order chi connectivity index (χ1) is 12.0. The molecule has 2 aromatic rings. The maximum Gasteiger partial charge on any atom is 0.387 e. The first kappa shape index (κ1) is 18.4. The Labute approximate surface area is 144 Å². The minimum absolute atomic E-state index is 0.0858. The molecule has 0 unspecified atom stereocenters. The molecule has 4 nitrogen and oxygen atoms in total. The summed E-state index contributed by atoms with van der Waals surface area (Å²) < 4.78 is 39.7. The van der Waals surface area contributed by atoms with Gasteiger partial charge in [-0.3, -0.25) is 4.79 Å². The molecule has 0 amide bonds. The monoisotopic (exact) mass is 348 g/mol. The van der Waals surface area contributed by atoms with Crippen molar-refractivity contribution in [2.75, 3.05) is 14.2 Å². The molecule has 0 aliphatic carbocycles. The highest BCUT2D eigenvalue weighted by Crippen LogP contribution is 2.39. The molecule has 132 valence electrons. The van der Waals surface area contributed by atoms with Crippen LogP contribution in [0.25, 0.3) is 6.08 Å². The number of benzene rings is 2. The number of hydrogen-bond donors (Lipinski definition) is 0. The summed E-state index contributed by atoms with van der Waals surface area (Å²) in [5.41, 5.74) is 2.01. The van der Waals surface area contributed by atoms with Crippen molar-refractivity contribution in [2.24, 2.45) is 0 Å². The van der Waals surface area contributed by atoms with Crippen molar-refractivity contribution < 1.29 is 27.8 Å². The summed E-state index contributed by atoms with van der Waals surface area (Å²) in [6.45, 7) is -1.16. The van der Waals surface area contributed by atoms with Crippen LogP contribution in [0.2, 0.25) is 0 Å². The van der Waals surface area contributed by atoms with Gasteiger partial charge in [0.05, 0.1) is 14.2 Å². The van der Waals surface area contributed by atoms with Gasteiger partial charge in [0.2, 0.25) is 5.75 Å². The van der Waals surface area contributed by atoms with Gasteiger partial charge in [0.1, 0.15) is 0 Å². The third kappa shape index (κ3) is 4.56. The van der Waals surface area contributed by atoms with E-state index < -0.39 is 6.61 Å². The lowest BCUT2D eigenvalue weighted by Crippen LogP contribution is -2.05. The molecule has 0 aromatic heterocycles. The zero-order valence-corrected chi connectivity index (χ0v) is 14.1. The normalized spacial score (nSPS) is 11.0. The van der Waals surface area contributed by atoms with Crippen molar-refractivity contribution in [3.05, 3.63) is 59.2 Å². The smallest absolute Gasteiger partial charge is 0.387 e. The highest BCUT2D eigenvalue weighted by atomic mass is 19.3. The van der Waals surface area contributed by atoms with Crippen LogP contribution in [0.1, 0.15) is 21.5 Å². The first-order valence-corrected chi connectivity index (χ1v) is 7.45. The quantitative estimate of drug-likeness (QED) is 0.545. The highest BCUT2D eigenvalue weighted by molar-refractivity contribution is 6.07. The summed E-state index contributed by atoms with van der Waals surface area (Å²) in [5, 5.41) is 0. The van der Waals surface area contributed by atoms with Crippen molar-refractivity contribution in [1.82, 2.24) is 0 Å². The van der Waals surface area contributed by atoms with E-state index in [9.17, 15) is 13.6 Å². The van der Waals surface area contributed by atoms with E-state index in [-0.39, 0.29) is 23.0 Å². The first-order valence-electron chi connectivity index (χ1n) is 7.45. The summed E-state index contributed by atoms with van der Waals surface area (Å²) in [4.78, 5) is 12.3. The fraction of sp³-hybridized carbons (Fsp3) is 0.211. The van der Waals surface area contributed by atoms with E-state index >= 15 is 0 Å². The van der Waals surface area contributed by atoms with Crippen LogP contribution in [-0.4, -0.2) is 26.6 Å². The Kier molecular flexibility index (Phi) is 6.11. The molecule has 0 saturated heterocycles. The average Bonchev–Trinajstić information content (AvgIpc) is 2.60. The number of allylic oxidation sites excluding steroid dienone is 1. The van der Waals surface area contributed by atoms with E-state index in [1.54, 1.807) is 18.2 Å². The maximum atomic E-state index is 12.5. The molecule has 0 fully saturated rings. The third-order valence-electron chi connectivity index (χ3n) is 3.53. The lowest BCUT2D eigenvalue weighted by molar-refractivity contribution is -0.0526. The van der Waals surface area contributed by atoms with Crippen LogP contribution in [0.3, 0.4) is 0 Å². The zero-order chi connectivity index (χ0) is 18.4. The average molecular weight is 348 g/mol. The van der Waals surface area contributed by atoms with Crippen LogP contribution >= 0.6 is 0 Å². The molecule has 2 rings (SSSR count). The lowest BCUT2D eigenvalue weighted by Gasteiger charge is -2.14. The minimum Gasteiger partial charge on any atom is -0.493 e. The Morgan fingerprint density at radius 2 is 1.68 bits per heavy atom. The Bertz CT molecular complexity index is 760. The van der Waals surface area contributed by atoms with Crippen LogP contribution in [0, 0.1) is 6.92 Å². The number of aryl methyl sites for hydroxylation is 1. The van der Waals surface area contributed by atoms with Crippen LogP contribution in [0.5, 0.6) is 17.2 Å². The van der Waals surface area contributed by atoms with Crippen LogP contribution in [-0.2, 0) is 0 Å². The number of ketones is 1. The lowest BCUT2D eigenvalue weighted by atomic mass is 10.0. The van der Waals surface area contributed by atoms with Crippen molar-refractivity contribution in [1.29, 1.82) is 0 Å². The van der Waals surface area contributed by atoms with Crippen LogP contribution in [0.15, 0.2) is 42.5 Å².